The molecule has 126 valence electrons. The molecule has 0 radical (unpaired) electrons. The Kier molecular flexibility index (Phi) is 5.28. The van der Waals surface area contributed by atoms with Gasteiger partial charge >= 0.3 is 5.97 Å². The molecule has 1 aliphatic heterocycles. The number of ketones is 1. The monoisotopic (exact) mass is 329 g/mol. The fourth-order valence-electron chi connectivity index (χ4n) is 2.91. The van der Waals surface area contributed by atoms with Crippen molar-refractivity contribution >= 4 is 23.6 Å². The minimum absolute atomic E-state index is 0.101. The van der Waals surface area contributed by atoms with Crippen LogP contribution in [0.5, 0.6) is 0 Å². The Hall–Kier alpha value is -2.76. The van der Waals surface area contributed by atoms with E-state index >= 15 is 0 Å². The molecular weight excluding hydrogens is 310 g/mol. The number of hydrogen-bond donors (Lipinski definition) is 0. The number of carbonyl (C=O) groups is 4. The zero-order chi connectivity index (χ0) is 17.9. The number of hydrogen-bond acceptors (Lipinski definition) is 5. The normalized spacial score (nSPS) is 15.7. The molecule has 2 atom stereocenters. The van der Waals surface area contributed by atoms with E-state index in [-0.39, 0.29) is 30.6 Å². The Morgan fingerprint density at radius 1 is 1.21 bits per heavy atom. The largest absolute Gasteiger partial charge is 0.468 e. The minimum Gasteiger partial charge on any atom is -0.468 e. The van der Waals surface area contributed by atoms with Gasteiger partial charge in [-0.3, -0.25) is 24.1 Å². The van der Waals surface area contributed by atoms with Crippen LogP contribution in [-0.4, -0.2) is 42.1 Å². The maximum atomic E-state index is 12.3. The predicted octanol–water partition coefficient (Wildman–Crippen LogP) is 1.85. The molecule has 2 rings (SSSR count). The summed E-state index contributed by atoms with van der Waals surface area (Å²) >= 11 is 0. The molecule has 2 amide bonds. The van der Waals surface area contributed by atoms with Gasteiger partial charge in [0.1, 0.15) is 11.7 Å². The third kappa shape index (κ3) is 3.13. The number of carbonyl (C=O) groups excluding carboxylic acids is 4. The van der Waals surface area contributed by atoms with Gasteiger partial charge in [-0.1, -0.05) is 18.2 Å². The summed E-state index contributed by atoms with van der Waals surface area (Å²) in [7, 11) is 1.21. The first kappa shape index (κ1) is 17.6. The fraction of sp³-hybridized carbons (Fsp3) is 0.333. The van der Waals surface area contributed by atoms with Crippen LogP contribution in [0.1, 0.15) is 34.1 Å². The van der Waals surface area contributed by atoms with E-state index in [0.717, 1.165) is 4.90 Å². The number of amides is 2. The first-order valence-electron chi connectivity index (χ1n) is 7.58. The number of fused-ring (bicyclic) bond motifs is 1. The molecule has 0 saturated carbocycles. The quantitative estimate of drug-likeness (QED) is 0.330. The number of methoxy groups -OCH3 is 1. The van der Waals surface area contributed by atoms with Gasteiger partial charge in [0, 0.05) is 6.54 Å². The van der Waals surface area contributed by atoms with Gasteiger partial charge in [0.15, 0.2) is 0 Å². The van der Waals surface area contributed by atoms with Crippen LogP contribution in [0.15, 0.2) is 36.9 Å². The first-order valence-corrected chi connectivity index (χ1v) is 7.58. The third-order valence-electron chi connectivity index (χ3n) is 4.19. The van der Waals surface area contributed by atoms with Crippen LogP contribution < -0.4 is 0 Å². The molecule has 0 spiro atoms. The number of ether oxygens (including phenoxy) is 1. The van der Waals surface area contributed by atoms with Crippen LogP contribution >= 0.6 is 0 Å². The van der Waals surface area contributed by atoms with Crippen LogP contribution in [0.4, 0.5) is 0 Å². The molecule has 2 unspecified atom stereocenters. The van der Waals surface area contributed by atoms with Crippen molar-refractivity contribution < 1.29 is 23.9 Å². The predicted molar refractivity (Wildman–Crippen MR) is 86.3 cm³/mol. The molecule has 0 fully saturated rings. The summed E-state index contributed by atoms with van der Waals surface area (Å²) in [5, 5.41) is 0. The molecule has 6 nitrogen and oxygen atoms in total. The highest BCUT2D eigenvalue weighted by atomic mass is 16.5. The maximum absolute atomic E-state index is 12.3. The lowest BCUT2D eigenvalue weighted by Gasteiger charge is -2.22. The molecule has 1 heterocycles. The number of esters is 1. The van der Waals surface area contributed by atoms with E-state index in [0.29, 0.717) is 11.1 Å². The number of nitrogens with zero attached hydrogens (tertiary/aromatic N) is 1. The molecular formula is C18H19NO5. The second-order valence-electron chi connectivity index (χ2n) is 5.61. The summed E-state index contributed by atoms with van der Waals surface area (Å²) in [4.78, 5) is 49.4. The molecule has 1 aliphatic rings. The summed E-state index contributed by atoms with van der Waals surface area (Å²) < 4.78 is 4.67. The van der Waals surface area contributed by atoms with Crippen molar-refractivity contribution in [1.29, 1.82) is 0 Å². The Labute approximate surface area is 140 Å². The summed E-state index contributed by atoms with van der Waals surface area (Å²) in [5.41, 5.74) is 0.738. The number of rotatable bonds is 7. The average Bonchev–Trinajstić information content (AvgIpc) is 2.82. The van der Waals surface area contributed by atoms with Gasteiger partial charge in [-0.05, 0) is 31.4 Å². The Balaban J connectivity index is 2.13. The van der Waals surface area contributed by atoms with Gasteiger partial charge in [0.05, 0.1) is 18.2 Å². The van der Waals surface area contributed by atoms with E-state index in [1.165, 1.54) is 20.1 Å². The topological polar surface area (TPSA) is 80.8 Å². The van der Waals surface area contributed by atoms with Crippen molar-refractivity contribution in [1.82, 2.24) is 4.90 Å². The van der Waals surface area contributed by atoms with Crippen LogP contribution in [-0.2, 0) is 14.3 Å². The molecule has 0 bridgehead atoms. The lowest BCUT2D eigenvalue weighted by atomic mass is 9.86. The standard InChI is InChI=1S/C18H19NO5/c1-4-12(15(11(2)20)18(23)24-3)9-10-19-16(21)13-7-5-6-8-14(13)17(19)22/h4-8,12,15H,1,9-10H2,2-3H3. The summed E-state index contributed by atoms with van der Waals surface area (Å²) in [5.74, 6) is -3.21. The smallest absolute Gasteiger partial charge is 0.316 e. The highest BCUT2D eigenvalue weighted by Crippen LogP contribution is 2.26. The Bertz CT molecular complexity index is 674. The number of benzene rings is 1. The van der Waals surface area contributed by atoms with E-state index in [2.05, 4.69) is 11.3 Å². The van der Waals surface area contributed by atoms with Crippen molar-refractivity contribution in [2.45, 2.75) is 13.3 Å². The van der Waals surface area contributed by atoms with Gasteiger partial charge in [0.25, 0.3) is 11.8 Å². The van der Waals surface area contributed by atoms with Gasteiger partial charge in [0.2, 0.25) is 0 Å². The molecule has 0 aliphatic carbocycles. The van der Waals surface area contributed by atoms with E-state index < -0.39 is 17.8 Å². The van der Waals surface area contributed by atoms with Crippen LogP contribution in [0, 0.1) is 11.8 Å². The second kappa shape index (κ2) is 7.21. The van der Waals surface area contributed by atoms with E-state index in [4.69, 9.17) is 0 Å². The van der Waals surface area contributed by atoms with Crippen molar-refractivity contribution in [2.75, 3.05) is 13.7 Å². The minimum atomic E-state index is -0.984. The van der Waals surface area contributed by atoms with Gasteiger partial charge in [-0.25, -0.2) is 0 Å². The first-order chi connectivity index (χ1) is 11.4. The van der Waals surface area contributed by atoms with Gasteiger partial charge in [-0.2, -0.15) is 0 Å². The highest BCUT2D eigenvalue weighted by Gasteiger charge is 2.37. The molecule has 0 aromatic heterocycles. The van der Waals surface area contributed by atoms with Crippen molar-refractivity contribution in [3.05, 3.63) is 48.0 Å². The molecule has 1 aromatic rings. The highest BCUT2D eigenvalue weighted by molar-refractivity contribution is 6.21. The van der Waals surface area contributed by atoms with Crippen molar-refractivity contribution in [3.63, 3.8) is 0 Å². The van der Waals surface area contributed by atoms with Crippen molar-refractivity contribution in [2.24, 2.45) is 11.8 Å². The van der Waals surface area contributed by atoms with Crippen molar-refractivity contribution in [3.8, 4) is 0 Å². The summed E-state index contributed by atoms with van der Waals surface area (Å²) in [6.45, 7) is 5.06. The van der Waals surface area contributed by atoms with Gasteiger partial charge in [-0.15, -0.1) is 6.58 Å². The van der Waals surface area contributed by atoms with Crippen LogP contribution in [0.2, 0.25) is 0 Å². The Morgan fingerprint density at radius 2 is 1.75 bits per heavy atom. The maximum Gasteiger partial charge on any atom is 0.316 e. The molecule has 24 heavy (non-hydrogen) atoms. The lowest BCUT2D eigenvalue weighted by Crippen LogP contribution is -2.35. The third-order valence-corrected chi connectivity index (χ3v) is 4.19. The lowest BCUT2D eigenvalue weighted by molar-refractivity contribution is -0.150. The van der Waals surface area contributed by atoms with Crippen LogP contribution in [0.3, 0.4) is 0 Å². The average molecular weight is 329 g/mol. The summed E-state index contributed by atoms with van der Waals surface area (Å²) in [6, 6.07) is 6.60. The fourth-order valence-corrected chi connectivity index (χ4v) is 2.91. The molecule has 1 aromatic carbocycles. The van der Waals surface area contributed by atoms with E-state index in [1.54, 1.807) is 24.3 Å². The molecule has 6 heteroatoms. The van der Waals surface area contributed by atoms with Crippen LogP contribution in [0.25, 0.3) is 0 Å². The summed E-state index contributed by atoms with van der Waals surface area (Å²) in [6.07, 6.45) is 1.75. The Morgan fingerprint density at radius 3 is 2.17 bits per heavy atom. The zero-order valence-electron chi connectivity index (χ0n) is 13.7. The number of allylic oxidation sites excluding steroid dienone is 1. The second-order valence-corrected chi connectivity index (χ2v) is 5.61. The SMILES string of the molecule is C=CC(CCN1C(=O)c2ccccc2C1=O)C(C(C)=O)C(=O)OC. The van der Waals surface area contributed by atoms with Gasteiger partial charge < -0.3 is 4.74 Å². The number of Topliss-reactive ketones (excluding diaryl/α,β-unsaturated/α-hetero) is 1. The zero-order valence-corrected chi connectivity index (χ0v) is 13.7. The van der Waals surface area contributed by atoms with E-state index in [9.17, 15) is 19.2 Å². The number of imide groups is 1. The molecule has 0 N–H and O–H groups in total. The molecule has 0 saturated heterocycles. The van der Waals surface area contributed by atoms with E-state index in [1.807, 2.05) is 0 Å².